The van der Waals surface area contributed by atoms with Gasteiger partial charge in [-0.3, -0.25) is 9.59 Å². The number of Topliss-reactive ketones (excluding diaryl/α,β-unsaturated/α-hetero) is 1. The van der Waals surface area contributed by atoms with Gasteiger partial charge >= 0.3 is 5.97 Å². The molecule has 4 aliphatic carbocycles. The topological polar surface area (TPSA) is 43.4 Å². The predicted molar refractivity (Wildman–Crippen MR) is 92.4 cm³/mol. The number of hydrogen-bond acceptors (Lipinski definition) is 3. The highest BCUT2D eigenvalue weighted by atomic mass is 16.5. The van der Waals surface area contributed by atoms with Crippen LogP contribution in [0.4, 0.5) is 0 Å². The fourth-order valence-corrected chi connectivity index (χ4v) is 6.86. The minimum atomic E-state index is -0.433. The highest BCUT2D eigenvalue weighted by molar-refractivity contribution is 6.05. The summed E-state index contributed by atoms with van der Waals surface area (Å²) in [5.41, 5.74) is 1.81. The average molecular weight is 330 g/mol. The van der Waals surface area contributed by atoms with Crippen LogP contribution in [0.25, 0.3) is 0 Å². The van der Waals surface area contributed by atoms with Crippen molar-refractivity contribution in [2.24, 2.45) is 22.2 Å². The van der Waals surface area contributed by atoms with E-state index in [1.165, 1.54) is 5.57 Å². The van der Waals surface area contributed by atoms with Gasteiger partial charge < -0.3 is 4.74 Å². The lowest BCUT2D eigenvalue weighted by atomic mass is 9.45. The van der Waals surface area contributed by atoms with Crippen LogP contribution < -0.4 is 0 Å². The Morgan fingerprint density at radius 3 is 2.58 bits per heavy atom. The van der Waals surface area contributed by atoms with Gasteiger partial charge in [0, 0.05) is 16.9 Å². The van der Waals surface area contributed by atoms with Gasteiger partial charge in [0.1, 0.15) is 0 Å². The van der Waals surface area contributed by atoms with Gasteiger partial charge in [0.15, 0.2) is 5.78 Å². The van der Waals surface area contributed by atoms with Crippen molar-refractivity contribution >= 4 is 11.8 Å². The minimum Gasteiger partial charge on any atom is -0.466 e. The highest BCUT2D eigenvalue weighted by Gasteiger charge is 2.70. The molecular formula is C21H30O3. The number of ketones is 1. The molecule has 24 heavy (non-hydrogen) atoms. The summed E-state index contributed by atoms with van der Waals surface area (Å²) in [4.78, 5) is 26.6. The molecule has 0 radical (unpaired) electrons. The molecule has 132 valence electrons. The zero-order valence-corrected chi connectivity index (χ0v) is 15.4. The molecule has 0 aromatic heterocycles. The molecule has 0 aromatic carbocycles. The maximum absolute atomic E-state index is 13.4. The van der Waals surface area contributed by atoms with Gasteiger partial charge in [0.05, 0.1) is 12.0 Å². The van der Waals surface area contributed by atoms with E-state index in [9.17, 15) is 9.59 Å². The third-order valence-electron chi connectivity index (χ3n) is 7.72. The molecule has 3 atom stereocenters. The van der Waals surface area contributed by atoms with E-state index in [2.05, 4.69) is 13.8 Å². The molecular weight excluding hydrogens is 300 g/mol. The molecule has 2 fully saturated rings. The van der Waals surface area contributed by atoms with E-state index in [4.69, 9.17) is 4.74 Å². The molecule has 0 saturated heterocycles. The Kier molecular flexibility index (Phi) is 3.54. The number of carbonyl (C=O) groups is 2. The molecule has 0 bridgehead atoms. The molecule has 0 heterocycles. The number of esters is 1. The van der Waals surface area contributed by atoms with Crippen LogP contribution in [-0.2, 0) is 14.3 Å². The largest absolute Gasteiger partial charge is 0.466 e. The van der Waals surface area contributed by atoms with Crippen LogP contribution in [0, 0.1) is 22.2 Å². The van der Waals surface area contributed by atoms with Crippen LogP contribution in [-0.4, -0.2) is 18.4 Å². The van der Waals surface area contributed by atoms with E-state index >= 15 is 0 Å². The van der Waals surface area contributed by atoms with Crippen LogP contribution in [0.15, 0.2) is 11.1 Å². The molecule has 2 saturated carbocycles. The summed E-state index contributed by atoms with van der Waals surface area (Å²) in [7, 11) is 0. The SMILES string of the molecule is CCOC(=O)[C@@]12CCCC[C@@]13C1=C(C(=O)[C@H]3CCC2)C(C)(C)CC1. The summed E-state index contributed by atoms with van der Waals surface area (Å²) in [5, 5.41) is 0. The van der Waals surface area contributed by atoms with E-state index in [0.717, 1.165) is 63.4 Å². The maximum Gasteiger partial charge on any atom is 0.312 e. The van der Waals surface area contributed by atoms with Crippen LogP contribution >= 0.6 is 0 Å². The van der Waals surface area contributed by atoms with Crippen molar-refractivity contribution in [3.63, 3.8) is 0 Å². The molecule has 0 aromatic rings. The summed E-state index contributed by atoms with van der Waals surface area (Å²) in [6, 6.07) is 0. The normalized spacial score (nSPS) is 40.1. The summed E-state index contributed by atoms with van der Waals surface area (Å²) >= 11 is 0. The fraction of sp³-hybridized carbons (Fsp3) is 0.810. The standard InChI is InChI=1S/C21H30O3/c1-4-24-18(23)20-10-5-6-12-21(20)14-9-13-19(2,3)16(14)17(22)15(21)8-7-11-20/h15H,4-13H2,1-3H3/t15-,20+,21+/m1/s1. The number of hydrogen-bond donors (Lipinski definition) is 0. The second kappa shape index (κ2) is 5.19. The fourth-order valence-electron chi connectivity index (χ4n) is 6.86. The molecule has 0 amide bonds. The quantitative estimate of drug-likeness (QED) is 0.695. The first-order chi connectivity index (χ1) is 11.4. The van der Waals surface area contributed by atoms with Gasteiger partial charge in [-0.2, -0.15) is 0 Å². The van der Waals surface area contributed by atoms with Gasteiger partial charge in [-0.1, -0.05) is 38.7 Å². The van der Waals surface area contributed by atoms with Crippen molar-refractivity contribution in [3.05, 3.63) is 11.1 Å². The van der Waals surface area contributed by atoms with Crippen molar-refractivity contribution in [2.45, 2.75) is 78.6 Å². The molecule has 4 aliphatic rings. The van der Waals surface area contributed by atoms with Crippen LogP contribution in [0.2, 0.25) is 0 Å². The van der Waals surface area contributed by atoms with Gasteiger partial charge in [0.25, 0.3) is 0 Å². The Bertz CT molecular complexity index is 625. The number of ether oxygens (including phenoxy) is 1. The van der Waals surface area contributed by atoms with Crippen molar-refractivity contribution in [1.82, 2.24) is 0 Å². The second-order valence-electron chi connectivity index (χ2n) is 9.03. The van der Waals surface area contributed by atoms with E-state index in [0.29, 0.717) is 12.4 Å². The van der Waals surface area contributed by atoms with Crippen LogP contribution in [0.5, 0.6) is 0 Å². The van der Waals surface area contributed by atoms with Gasteiger partial charge in [0.2, 0.25) is 0 Å². The first-order valence-electron chi connectivity index (χ1n) is 9.86. The lowest BCUT2D eigenvalue weighted by Crippen LogP contribution is -2.57. The van der Waals surface area contributed by atoms with Gasteiger partial charge in [-0.25, -0.2) is 0 Å². The summed E-state index contributed by atoms with van der Waals surface area (Å²) in [5.74, 6) is 0.406. The lowest BCUT2D eigenvalue weighted by molar-refractivity contribution is -0.177. The Morgan fingerprint density at radius 2 is 1.83 bits per heavy atom. The van der Waals surface area contributed by atoms with E-state index in [-0.39, 0.29) is 22.7 Å². The molecule has 0 N–H and O–H groups in total. The lowest BCUT2D eigenvalue weighted by Gasteiger charge is -2.57. The van der Waals surface area contributed by atoms with Crippen LogP contribution in [0.3, 0.4) is 0 Å². The second-order valence-corrected chi connectivity index (χ2v) is 9.03. The van der Waals surface area contributed by atoms with Gasteiger partial charge in [-0.05, 0) is 50.9 Å². The average Bonchev–Trinajstić information content (AvgIpc) is 3.01. The smallest absolute Gasteiger partial charge is 0.312 e. The number of carbonyl (C=O) groups excluding carboxylic acids is 2. The van der Waals surface area contributed by atoms with E-state index in [1.54, 1.807) is 0 Å². The molecule has 1 spiro atoms. The number of allylic oxidation sites excluding steroid dienone is 2. The Balaban J connectivity index is 1.92. The molecule has 0 aliphatic heterocycles. The zero-order valence-electron chi connectivity index (χ0n) is 15.4. The molecule has 3 nitrogen and oxygen atoms in total. The summed E-state index contributed by atoms with van der Waals surface area (Å²) in [6.45, 7) is 6.77. The molecule has 4 rings (SSSR count). The Labute approximate surface area is 145 Å². The van der Waals surface area contributed by atoms with Crippen molar-refractivity contribution < 1.29 is 14.3 Å². The Hall–Kier alpha value is -1.12. The first kappa shape index (κ1) is 16.4. The van der Waals surface area contributed by atoms with Crippen molar-refractivity contribution in [2.75, 3.05) is 6.61 Å². The highest BCUT2D eigenvalue weighted by Crippen LogP contribution is 2.72. The Morgan fingerprint density at radius 1 is 1.12 bits per heavy atom. The summed E-state index contributed by atoms with van der Waals surface area (Å²) < 4.78 is 5.61. The third kappa shape index (κ3) is 1.74. The van der Waals surface area contributed by atoms with E-state index in [1.807, 2.05) is 6.92 Å². The summed E-state index contributed by atoms with van der Waals surface area (Å²) in [6.07, 6.45) is 9.07. The molecule has 0 unspecified atom stereocenters. The molecule has 3 heteroatoms. The zero-order chi connectivity index (χ0) is 17.2. The van der Waals surface area contributed by atoms with Gasteiger partial charge in [-0.15, -0.1) is 0 Å². The number of rotatable bonds is 2. The monoisotopic (exact) mass is 330 g/mol. The predicted octanol–water partition coefficient (Wildman–Crippen LogP) is 4.60. The minimum absolute atomic E-state index is 0.0133. The van der Waals surface area contributed by atoms with Crippen LogP contribution in [0.1, 0.15) is 78.6 Å². The third-order valence-corrected chi connectivity index (χ3v) is 7.72. The first-order valence-corrected chi connectivity index (χ1v) is 9.86. The van der Waals surface area contributed by atoms with Crippen molar-refractivity contribution in [3.8, 4) is 0 Å². The maximum atomic E-state index is 13.4. The van der Waals surface area contributed by atoms with E-state index < -0.39 is 5.41 Å². The van der Waals surface area contributed by atoms with Crippen molar-refractivity contribution in [1.29, 1.82) is 0 Å².